The first-order chi connectivity index (χ1) is 22.0. The topological polar surface area (TPSA) is 79.7 Å². The summed E-state index contributed by atoms with van der Waals surface area (Å²) in [6, 6.07) is 20.8. The van der Waals surface area contributed by atoms with Crippen molar-refractivity contribution in [2.75, 3.05) is 31.5 Å². The summed E-state index contributed by atoms with van der Waals surface area (Å²) in [5.74, 6) is -0.128. The standard InChI is InChI=1S/C34H29F4N5O3/c1-41-29-12-11-28(46-31-13-10-27(20-39-31)40-32(44)23-4-6-25(7-5-23)34(36,37)38)18-24(29)19-30(41)33(45)43-16-14-42(15-17-43)21-22-2-8-26(35)9-3-22/h2-13,18-20H,14-17,21H2,1H3,(H,40,44). The lowest BCUT2D eigenvalue weighted by Gasteiger charge is -2.34. The minimum atomic E-state index is -4.48. The monoisotopic (exact) mass is 631 g/mol. The molecule has 1 fully saturated rings. The second kappa shape index (κ2) is 12.6. The van der Waals surface area contributed by atoms with E-state index in [1.165, 1.54) is 18.3 Å². The van der Waals surface area contributed by atoms with Gasteiger partial charge < -0.3 is 19.5 Å². The van der Waals surface area contributed by atoms with Gasteiger partial charge >= 0.3 is 6.18 Å². The maximum atomic E-state index is 13.5. The molecule has 1 aliphatic rings. The fourth-order valence-electron chi connectivity index (χ4n) is 5.36. The maximum absolute atomic E-state index is 13.5. The highest BCUT2D eigenvalue weighted by molar-refractivity contribution is 6.04. The van der Waals surface area contributed by atoms with Gasteiger partial charge in [-0.2, -0.15) is 13.2 Å². The summed E-state index contributed by atoms with van der Waals surface area (Å²) >= 11 is 0. The quantitative estimate of drug-likeness (QED) is 0.202. The molecule has 1 N–H and O–H groups in total. The lowest BCUT2D eigenvalue weighted by atomic mass is 10.1. The predicted molar refractivity (Wildman–Crippen MR) is 164 cm³/mol. The Morgan fingerprint density at radius 2 is 1.61 bits per heavy atom. The van der Waals surface area contributed by atoms with E-state index in [1.807, 2.05) is 34.7 Å². The number of fused-ring (bicyclic) bond motifs is 1. The summed E-state index contributed by atoms with van der Waals surface area (Å²) in [4.78, 5) is 34.2. The van der Waals surface area contributed by atoms with Crippen LogP contribution in [-0.4, -0.2) is 57.3 Å². The number of amides is 2. The van der Waals surface area contributed by atoms with Crippen molar-refractivity contribution < 1.29 is 31.9 Å². The molecule has 2 amide bonds. The Kier molecular flexibility index (Phi) is 8.46. The third-order valence-corrected chi connectivity index (χ3v) is 7.90. The number of halogens is 4. The largest absolute Gasteiger partial charge is 0.439 e. The molecule has 5 aromatic rings. The number of alkyl halides is 3. The van der Waals surface area contributed by atoms with Crippen molar-refractivity contribution in [3.05, 3.63) is 119 Å². The van der Waals surface area contributed by atoms with Crippen LogP contribution in [-0.2, 0) is 19.8 Å². The van der Waals surface area contributed by atoms with Crippen molar-refractivity contribution >= 4 is 28.4 Å². The minimum absolute atomic E-state index is 0.0572. The number of ether oxygens (including phenoxy) is 1. The second-order valence-corrected chi connectivity index (χ2v) is 11.0. The lowest BCUT2D eigenvalue weighted by molar-refractivity contribution is -0.137. The molecule has 236 valence electrons. The zero-order valence-electron chi connectivity index (χ0n) is 24.7. The minimum Gasteiger partial charge on any atom is -0.439 e. The average molecular weight is 632 g/mol. The smallest absolute Gasteiger partial charge is 0.416 e. The number of nitrogens with one attached hydrogen (secondary N) is 1. The van der Waals surface area contributed by atoms with Crippen molar-refractivity contribution in [1.82, 2.24) is 19.4 Å². The molecule has 0 radical (unpaired) electrons. The molecule has 6 rings (SSSR count). The molecule has 3 aromatic carbocycles. The molecule has 0 atom stereocenters. The van der Waals surface area contributed by atoms with Crippen LogP contribution in [0.15, 0.2) is 91.1 Å². The van der Waals surface area contributed by atoms with Gasteiger partial charge in [-0.15, -0.1) is 0 Å². The molecule has 46 heavy (non-hydrogen) atoms. The summed E-state index contributed by atoms with van der Waals surface area (Å²) in [5.41, 5.74) is 2.03. The normalized spacial score (nSPS) is 14.0. The first kappa shape index (κ1) is 30.8. The van der Waals surface area contributed by atoms with Gasteiger partial charge in [-0.3, -0.25) is 14.5 Å². The van der Waals surface area contributed by atoms with E-state index < -0.39 is 17.6 Å². The Morgan fingerprint density at radius 3 is 2.26 bits per heavy atom. The third kappa shape index (κ3) is 6.86. The van der Waals surface area contributed by atoms with E-state index in [4.69, 9.17) is 4.74 Å². The fourth-order valence-corrected chi connectivity index (χ4v) is 5.36. The highest BCUT2D eigenvalue weighted by Crippen LogP contribution is 2.30. The number of pyridine rings is 1. The van der Waals surface area contributed by atoms with Gasteiger partial charge in [0.2, 0.25) is 5.88 Å². The van der Waals surface area contributed by atoms with Gasteiger partial charge in [-0.25, -0.2) is 9.37 Å². The number of aryl methyl sites for hydroxylation is 1. The van der Waals surface area contributed by atoms with E-state index in [9.17, 15) is 27.2 Å². The molecular formula is C34H29F4N5O3. The fraction of sp³-hybridized carbons (Fsp3) is 0.206. The Balaban J connectivity index is 1.06. The van der Waals surface area contributed by atoms with Crippen molar-refractivity contribution in [2.45, 2.75) is 12.7 Å². The van der Waals surface area contributed by atoms with Crippen LogP contribution in [0.5, 0.6) is 11.6 Å². The van der Waals surface area contributed by atoms with Gasteiger partial charge in [0.05, 0.1) is 17.4 Å². The van der Waals surface area contributed by atoms with Crippen LogP contribution < -0.4 is 10.1 Å². The van der Waals surface area contributed by atoms with Gasteiger partial charge in [0, 0.05) is 62.3 Å². The number of hydrogen-bond donors (Lipinski definition) is 1. The number of hydrogen-bond acceptors (Lipinski definition) is 5. The van der Waals surface area contributed by atoms with E-state index in [-0.39, 0.29) is 23.2 Å². The molecule has 3 heterocycles. The van der Waals surface area contributed by atoms with Crippen LogP contribution in [0.25, 0.3) is 10.9 Å². The molecule has 0 unspecified atom stereocenters. The van der Waals surface area contributed by atoms with E-state index in [2.05, 4.69) is 15.2 Å². The molecule has 1 saturated heterocycles. The van der Waals surface area contributed by atoms with E-state index >= 15 is 0 Å². The molecule has 0 aliphatic carbocycles. The van der Waals surface area contributed by atoms with E-state index in [0.29, 0.717) is 36.8 Å². The summed E-state index contributed by atoms with van der Waals surface area (Å²) in [6.45, 7) is 3.31. The number of rotatable bonds is 7. The van der Waals surface area contributed by atoms with E-state index in [1.54, 1.807) is 30.3 Å². The van der Waals surface area contributed by atoms with Gasteiger partial charge in [0.15, 0.2) is 0 Å². The highest BCUT2D eigenvalue weighted by Gasteiger charge is 2.30. The molecule has 8 nitrogen and oxygen atoms in total. The van der Waals surface area contributed by atoms with Crippen LogP contribution in [0, 0.1) is 5.82 Å². The molecular weight excluding hydrogens is 602 g/mol. The Hall–Kier alpha value is -5.23. The van der Waals surface area contributed by atoms with E-state index in [0.717, 1.165) is 53.8 Å². The second-order valence-electron chi connectivity index (χ2n) is 11.0. The first-order valence-electron chi connectivity index (χ1n) is 14.5. The van der Waals surface area contributed by atoms with Crippen LogP contribution >= 0.6 is 0 Å². The van der Waals surface area contributed by atoms with Crippen molar-refractivity contribution in [1.29, 1.82) is 0 Å². The number of aromatic nitrogens is 2. The summed E-state index contributed by atoms with van der Waals surface area (Å²) in [7, 11) is 1.85. The van der Waals surface area contributed by atoms with Gasteiger partial charge in [0.1, 0.15) is 17.3 Å². The van der Waals surface area contributed by atoms with Crippen LogP contribution in [0.1, 0.15) is 32.0 Å². The molecule has 0 spiro atoms. The molecule has 2 aromatic heterocycles. The number of benzene rings is 3. The number of nitrogens with zero attached hydrogens (tertiary/aromatic N) is 4. The highest BCUT2D eigenvalue weighted by atomic mass is 19.4. The lowest BCUT2D eigenvalue weighted by Crippen LogP contribution is -2.48. The van der Waals surface area contributed by atoms with Crippen LogP contribution in [0.4, 0.5) is 23.2 Å². The SMILES string of the molecule is Cn1c(C(=O)N2CCN(Cc3ccc(F)cc3)CC2)cc2cc(Oc3ccc(NC(=O)c4ccc(C(F)(F)F)cc4)cn3)ccc21. The number of carbonyl (C=O) groups excluding carboxylic acids is 2. The Bertz CT molecular complexity index is 1860. The molecule has 1 aliphatic heterocycles. The Labute approximate surface area is 261 Å². The first-order valence-corrected chi connectivity index (χ1v) is 14.5. The van der Waals surface area contributed by atoms with Crippen molar-refractivity contribution in [3.8, 4) is 11.6 Å². The van der Waals surface area contributed by atoms with Crippen molar-refractivity contribution in [3.63, 3.8) is 0 Å². The van der Waals surface area contributed by atoms with Gasteiger partial charge in [-0.05, 0) is 72.3 Å². The molecule has 0 bridgehead atoms. The van der Waals surface area contributed by atoms with Gasteiger partial charge in [0.25, 0.3) is 11.8 Å². The number of anilines is 1. The third-order valence-electron chi connectivity index (χ3n) is 7.90. The number of carbonyl (C=O) groups is 2. The zero-order chi connectivity index (χ0) is 32.4. The average Bonchev–Trinajstić information content (AvgIpc) is 3.38. The summed E-state index contributed by atoms with van der Waals surface area (Å²) in [6.07, 6.45) is -3.10. The predicted octanol–water partition coefficient (Wildman–Crippen LogP) is 6.73. The van der Waals surface area contributed by atoms with Crippen LogP contribution in [0.3, 0.4) is 0 Å². The molecule has 12 heteroatoms. The van der Waals surface area contributed by atoms with Crippen molar-refractivity contribution in [2.24, 2.45) is 7.05 Å². The molecule has 0 saturated carbocycles. The Morgan fingerprint density at radius 1 is 0.891 bits per heavy atom. The summed E-state index contributed by atoms with van der Waals surface area (Å²) < 4.78 is 59.3. The maximum Gasteiger partial charge on any atom is 0.416 e. The number of piperazine rings is 1. The van der Waals surface area contributed by atoms with Gasteiger partial charge in [-0.1, -0.05) is 12.1 Å². The van der Waals surface area contributed by atoms with Crippen LogP contribution in [0.2, 0.25) is 0 Å². The summed E-state index contributed by atoms with van der Waals surface area (Å²) in [5, 5.41) is 3.42. The zero-order valence-corrected chi connectivity index (χ0v) is 24.7.